The van der Waals surface area contributed by atoms with Crippen LogP contribution in [-0.2, 0) is 4.74 Å². The number of ether oxygens (including phenoxy) is 1. The molecule has 3 heterocycles. The average Bonchev–Trinajstić information content (AvgIpc) is 3.23. The lowest BCUT2D eigenvalue weighted by atomic mass is 10.1. The van der Waals surface area contributed by atoms with Crippen molar-refractivity contribution in [3.05, 3.63) is 46.7 Å². The second kappa shape index (κ2) is 5.36. The predicted octanol–water partition coefficient (Wildman–Crippen LogP) is 3.37. The van der Waals surface area contributed by atoms with Crippen molar-refractivity contribution in [2.24, 2.45) is 0 Å². The summed E-state index contributed by atoms with van der Waals surface area (Å²) >= 11 is 8.00. The third-order valence-corrected chi connectivity index (χ3v) is 5.11. The molecular formula is C14H13ClN4OS. The number of fused-ring (bicyclic) bond motifs is 1. The zero-order chi connectivity index (χ0) is 14.2. The maximum Gasteiger partial charge on any atom is 0.234 e. The second-order valence-electron chi connectivity index (χ2n) is 4.97. The Labute approximate surface area is 130 Å². The monoisotopic (exact) mass is 320 g/mol. The number of hydrogen-bond donors (Lipinski definition) is 0. The summed E-state index contributed by atoms with van der Waals surface area (Å²) in [5.41, 5.74) is 1.03. The molecule has 0 amide bonds. The molecule has 1 saturated heterocycles. The van der Waals surface area contributed by atoms with Gasteiger partial charge in [0.05, 0.1) is 0 Å². The molecule has 0 bridgehead atoms. The minimum Gasteiger partial charge on any atom is -0.370 e. The summed E-state index contributed by atoms with van der Waals surface area (Å²) in [7, 11) is 0. The number of rotatable bonds is 3. The highest BCUT2D eigenvalue weighted by Gasteiger charge is 2.26. The van der Waals surface area contributed by atoms with Crippen LogP contribution in [0.4, 0.5) is 0 Å². The van der Waals surface area contributed by atoms with E-state index in [2.05, 4.69) is 15.3 Å². The Morgan fingerprint density at radius 3 is 2.90 bits per heavy atom. The summed E-state index contributed by atoms with van der Waals surface area (Å²) < 4.78 is 7.44. The van der Waals surface area contributed by atoms with Gasteiger partial charge in [-0.15, -0.1) is 21.8 Å². The van der Waals surface area contributed by atoms with Gasteiger partial charge in [0.25, 0.3) is 0 Å². The molecule has 21 heavy (non-hydrogen) atoms. The molecule has 1 aromatic carbocycles. The van der Waals surface area contributed by atoms with Crippen molar-refractivity contribution in [3.8, 4) is 0 Å². The fraction of sp³-hybridized carbons (Fsp3) is 0.357. The molecule has 0 radical (unpaired) electrons. The summed E-state index contributed by atoms with van der Waals surface area (Å²) in [6.45, 7) is 0.777. The first-order valence-corrected chi connectivity index (χ1v) is 8.11. The van der Waals surface area contributed by atoms with Crippen molar-refractivity contribution in [1.29, 1.82) is 0 Å². The fourth-order valence-electron chi connectivity index (χ4n) is 2.50. The van der Waals surface area contributed by atoms with Gasteiger partial charge in [-0.05, 0) is 18.4 Å². The maximum atomic E-state index is 6.53. The van der Waals surface area contributed by atoms with E-state index in [-0.39, 0.29) is 11.5 Å². The van der Waals surface area contributed by atoms with Gasteiger partial charge in [-0.2, -0.15) is 9.61 Å². The van der Waals surface area contributed by atoms with Crippen LogP contribution in [-0.4, -0.2) is 26.4 Å². The number of aromatic nitrogens is 4. The van der Waals surface area contributed by atoms with Gasteiger partial charge in [0, 0.05) is 6.61 Å². The van der Waals surface area contributed by atoms with Gasteiger partial charge < -0.3 is 4.74 Å². The Morgan fingerprint density at radius 1 is 1.29 bits per heavy atom. The van der Waals surface area contributed by atoms with E-state index in [9.17, 15) is 0 Å². The molecule has 1 aliphatic rings. The SMILES string of the molecule is ClC(c1ccccc1)c1nn2c(C3CCCO3)nnc2s1. The van der Waals surface area contributed by atoms with Crippen LogP contribution >= 0.6 is 22.9 Å². The Balaban J connectivity index is 1.71. The highest BCUT2D eigenvalue weighted by atomic mass is 35.5. The minimum atomic E-state index is -0.268. The highest BCUT2D eigenvalue weighted by Crippen LogP contribution is 2.33. The smallest absolute Gasteiger partial charge is 0.234 e. The van der Waals surface area contributed by atoms with Crippen molar-refractivity contribution in [3.63, 3.8) is 0 Å². The molecule has 0 spiro atoms. The molecule has 4 rings (SSSR count). The molecule has 5 nitrogen and oxygen atoms in total. The van der Waals surface area contributed by atoms with Crippen molar-refractivity contribution >= 4 is 27.9 Å². The lowest BCUT2D eigenvalue weighted by Crippen LogP contribution is -2.04. The molecule has 2 unspecified atom stereocenters. The van der Waals surface area contributed by atoms with Gasteiger partial charge in [0.15, 0.2) is 5.82 Å². The van der Waals surface area contributed by atoms with Crippen LogP contribution in [0.2, 0.25) is 0 Å². The standard InChI is InChI=1S/C14H13ClN4OS/c15-11(9-5-2-1-3-6-9)13-18-19-12(10-7-4-8-20-10)16-17-14(19)21-13/h1-3,5-6,10-11H,4,7-8H2. The number of benzene rings is 1. The van der Waals surface area contributed by atoms with Gasteiger partial charge in [-0.25, -0.2) is 0 Å². The topological polar surface area (TPSA) is 52.3 Å². The van der Waals surface area contributed by atoms with Crippen molar-refractivity contribution in [1.82, 2.24) is 19.8 Å². The van der Waals surface area contributed by atoms with Gasteiger partial charge in [0.2, 0.25) is 4.96 Å². The second-order valence-corrected chi connectivity index (χ2v) is 6.39. The van der Waals surface area contributed by atoms with Crippen LogP contribution < -0.4 is 0 Å². The molecule has 2 atom stereocenters. The van der Waals surface area contributed by atoms with Crippen molar-refractivity contribution < 1.29 is 4.74 Å². The van der Waals surface area contributed by atoms with E-state index in [0.29, 0.717) is 0 Å². The molecule has 0 saturated carbocycles. The average molecular weight is 321 g/mol. The first kappa shape index (κ1) is 13.2. The minimum absolute atomic E-state index is 0.000417. The van der Waals surface area contributed by atoms with E-state index >= 15 is 0 Å². The lowest BCUT2D eigenvalue weighted by Gasteiger charge is -2.06. The van der Waals surface area contributed by atoms with E-state index in [1.54, 1.807) is 4.52 Å². The fourth-order valence-corrected chi connectivity index (χ4v) is 3.67. The van der Waals surface area contributed by atoms with Gasteiger partial charge in [0.1, 0.15) is 16.5 Å². The summed E-state index contributed by atoms with van der Waals surface area (Å²) in [6.07, 6.45) is 2.02. The third-order valence-electron chi connectivity index (χ3n) is 3.56. The van der Waals surface area contributed by atoms with E-state index < -0.39 is 0 Å². The number of halogens is 1. The molecule has 0 aliphatic carbocycles. The first-order chi connectivity index (χ1) is 10.3. The predicted molar refractivity (Wildman–Crippen MR) is 80.7 cm³/mol. The van der Waals surface area contributed by atoms with Crippen LogP contribution in [0.5, 0.6) is 0 Å². The molecule has 2 aromatic heterocycles. The van der Waals surface area contributed by atoms with Crippen LogP contribution in [0.1, 0.15) is 40.7 Å². The molecule has 0 N–H and O–H groups in total. The largest absolute Gasteiger partial charge is 0.370 e. The van der Waals surface area contributed by atoms with Crippen LogP contribution in [0.15, 0.2) is 30.3 Å². The molecule has 1 aliphatic heterocycles. The Morgan fingerprint density at radius 2 is 2.14 bits per heavy atom. The van der Waals surface area contributed by atoms with Crippen LogP contribution in [0, 0.1) is 0 Å². The maximum absolute atomic E-state index is 6.53. The first-order valence-electron chi connectivity index (χ1n) is 6.85. The van der Waals surface area contributed by atoms with E-state index in [0.717, 1.165) is 40.8 Å². The summed E-state index contributed by atoms with van der Waals surface area (Å²) in [5, 5.41) is 13.5. The molecular weight excluding hydrogens is 308 g/mol. The van der Waals surface area contributed by atoms with E-state index in [1.165, 1.54) is 11.3 Å². The zero-order valence-electron chi connectivity index (χ0n) is 11.1. The summed E-state index contributed by atoms with van der Waals surface area (Å²) in [5.74, 6) is 0.780. The zero-order valence-corrected chi connectivity index (χ0v) is 12.7. The van der Waals surface area contributed by atoms with E-state index in [4.69, 9.17) is 16.3 Å². The normalized spacial score (nSPS) is 20.1. The highest BCUT2D eigenvalue weighted by molar-refractivity contribution is 7.17. The van der Waals surface area contributed by atoms with Gasteiger partial charge in [-0.1, -0.05) is 41.7 Å². The van der Waals surface area contributed by atoms with Crippen molar-refractivity contribution in [2.75, 3.05) is 6.61 Å². The Bertz CT molecular complexity index is 751. The molecule has 1 fully saturated rings. The van der Waals surface area contributed by atoms with Crippen molar-refractivity contribution in [2.45, 2.75) is 24.3 Å². The lowest BCUT2D eigenvalue weighted by molar-refractivity contribution is 0.103. The third kappa shape index (κ3) is 2.33. The number of alkyl halides is 1. The Hall–Kier alpha value is -1.50. The quantitative estimate of drug-likeness (QED) is 0.694. The summed E-state index contributed by atoms with van der Waals surface area (Å²) in [4.78, 5) is 0.761. The van der Waals surface area contributed by atoms with Gasteiger partial charge in [-0.3, -0.25) is 0 Å². The number of nitrogens with zero attached hydrogens (tertiary/aromatic N) is 4. The molecule has 108 valence electrons. The van der Waals surface area contributed by atoms with Crippen LogP contribution in [0.3, 0.4) is 0 Å². The number of hydrogen-bond acceptors (Lipinski definition) is 5. The molecule has 7 heteroatoms. The van der Waals surface area contributed by atoms with Crippen LogP contribution in [0.25, 0.3) is 4.96 Å². The molecule has 3 aromatic rings. The van der Waals surface area contributed by atoms with Gasteiger partial charge >= 0.3 is 0 Å². The Kier molecular flexibility index (Phi) is 3.37. The van der Waals surface area contributed by atoms with E-state index in [1.807, 2.05) is 30.3 Å². The summed E-state index contributed by atoms with van der Waals surface area (Å²) in [6, 6.07) is 9.93.